The average molecular weight is 859 g/mol. The van der Waals surface area contributed by atoms with E-state index < -0.39 is 0 Å². The number of hydrogen-bond acceptors (Lipinski definition) is 1. The van der Waals surface area contributed by atoms with Crippen LogP contribution in [0, 0.1) is 5.92 Å². The first-order chi connectivity index (χ1) is 32.7. The lowest BCUT2D eigenvalue weighted by molar-refractivity contribution is 0.507. The predicted octanol–water partition coefficient (Wildman–Crippen LogP) is 17.9. The second-order valence-electron chi connectivity index (χ2n) is 19.9. The van der Waals surface area contributed by atoms with Crippen molar-refractivity contribution in [3.8, 4) is 22.5 Å². The average Bonchev–Trinajstić information content (AvgIpc) is 4.13. The maximum Gasteiger partial charge on any atom is 0.135 e. The third-order valence-corrected chi connectivity index (χ3v) is 16.1. The van der Waals surface area contributed by atoms with Crippen LogP contribution in [0.3, 0.4) is 0 Å². The highest BCUT2D eigenvalue weighted by Crippen LogP contribution is 2.49. The summed E-state index contributed by atoms with van der Waals surface area (Å²) in [6, 6.07) is 39.4. The Kier molecular flexibility index (Phi) is 9.87. The molecule has 13 rings (SSSR count). The Balaban J connectivity index is 0.976. The first kappa shape index (κ1) is 39.8. The minimum Gasteiger partial charge on any atom is -0.456 e. The molecule has 4 bridgehead atoms. The zero-order valence-corrected chi connectivity index (χ0v) is 38.2. The lowest BCUT2D eigenvalue weighted by atomic mass is 9.76. The van der Waals surface area contributed by atoms with Crippen molar-refractivity contribution in [3.63, 3.8) is 0 Å². The molecule has 2 fully saturated rings. The molecule has 0 radical (unpaired) electrons. The quantitative estimate of drug-likeness (QED) is 0.169. The van der Waals surface area contributed by atoms with Crippen molar-refractivity contribution in [1.82, 2.24) is 9.13 Å². The van der Waals surface area contributed by atoms with E-state index in [-0.39, 0.29) is 0 Å². The molecule has 0 saturated heterocycles. The van der Waals surface area contributed by atoms with E-state index in [1.807, 2.05) is 0 Å². The molecule has 0 spiro atoms. The minimum absolute atomic E-state index is 0.489. The molecule has 3 atom stereocenters. The van der Waals surface area contributed by atoms with Gasteiger partial charge in [-0.1, -0.05) is 122 Å². The molecule has 5 aliphatic rings. The van der Waals surface area contributed by atoms with Gasteiger partial charge in [0, 0.05) is 38.6 Å². The van der Waals surface area contributed by atoms with E-state index in [2.05, 4.69) is 174 Å². The van der Waals surface area contributed by atoms with Gasteiger partial charge in [0.05, 0.1) is 16.7 Å². The maximum atomic E-state index is 6.68. The van der Waals surface area contributed by atoms with E-state index in [9.17, 15) is 0 Å². The summed E-state index contributed by atoms with van der Waals surface area (Å²) < 4.78 is 11.8. The first-order valence-electron chi connectivity index (χ1n) is 25.2. The van der Waals surface area contributed by atoms with E-state index in [0.29, 0.717) is 17.8 Å². The fourth-order valence-electron chi connectivity index (χ4n) is 13.0. The minimum atomic E-state index is 0.489. The summed E-state index contributed by atoms with van der Waals surface area (Å²) >= 11 is 0. The molecule has 3 aromatic heterocycles. The monoisotopic (exact) mass is 858 g/mol. The topological polar surface area (TPSA) is 23.0 Å². The summed E-state index contributed by atoms with van der Waals surface area (Å²) in [5, 5.41) is 5.08. The van der Waals surface area contributed by atoms with Gasteiger partial charge in [0.25, 0.3) is 0 Å². The molecule has 0 N–H and O–H groups in total. The van der Waals surface area contributed by atoms with E-state index in [1.54, 1.807) is 11.1 Å². The molecule has 0 amide bonds. The van der Waals surface area contributed by atoms with Gasteiger partial charge in [-0.15, -0.1) is 0 Å². The Morgan fingerprint density at radius 3 is 2.12 bits per heavy atom. The molecular weight excluding hydrogens is 801 g/mol. The molecule has 5 aliphatic carbocycles. The standard InChI is InChI=1S/C63H58N2O/c1-2-43-19-6-4-3-5-7-26-58-62(43)52-24-12-13-25-56(52)64(58)47-31-34-60-53(39-47)54-40-48(32-35-61(54)66-60)65-57-33-30-45(38-55(57)63-46-29-28-42(37-46)18-15-27-59(63)65)50-22-10-11-23-51(50)49-21-9-8-16-41-17-14-20-44(49)36-41/h7-13,15-16,18,21-27,30-35,38-40,43-44,46H,2-6,14,17,19-20,28-29,36-37H2,1H3/b9-8-,26-7-,27-15-,41-16-,42-18-,49-21+. The van der Waals surface area contributed by atoms with E-state index in [1.165, 1.54) is 142 Å². The van der Waals surface area contributed by atoms with Crippen molar-refractivity contribution in [2.24, 2.45) is 5.92 Å². The largest absolute Gasteiger partial charge is 0.456 e. The zero-order chi connectivity index (χ0) is 43.7. The molecule has 8 aromatic rings. The number of furan rings is 1. The summed E-state index contributed by atoms with van der Waals surface area (Å²) in [6.07, 6.45) is 37.0. The van der Waals surface area contributed by atoms with Crippen LogP contribution in [-0.2, 0) is 0 Å². The molecule has 3 unspecified atom stereocenters. The molecule has 3 heteroatoms. The van der Waals surface area contributed by atoms with Gasteiger partial charge in [-0.05, 0) is 189 Å². The van der Waals surface area contributed by atoms with Crippen molar-refractivity contribution in [2.45, 2.75) is 102 Å². The predicted molar refractivity (Wildman–Crippen MR) is 279 cm³/mol. The van der Waals surface area contributed by atoms with Gasteiger partial charge in [-0.3, -0.25) is 0 Å². The highest BCUT2D eigenvalue weighted by atomic mass is 16.3. The van der Waals surface area contributed by atoms with Crippen molar-refractivity contribution in [1.29, 1.82) is 0 Å². The van der Waals surface area contributed by atoms with Crippen LogP contribution in [0.4, 0.5) is 0 Å². The van der Waals surface area contributed by atoms with Crippen molar-refractivity contribution < 1.29 is 4.42 Å². The van der Waals surface area contributed by atoms with Gasteiger partial charge in [0.2, 0.25) is 0 Å². The van der Waals surface area contributed by atoms with Crippen LogP contribution in [0.2, 0.25) is 0 Å². The third kappa shape index (κ3) is 6.60. The number of fused-ring (bicyclic) bond motifs is 14. The van der Waals surface area contributed by atoms with Crippen molar-refractivity contribution in [3.05, 3.63) is 185 Å². The zero-order valence-electron chi connectivity index (χ0n) is 38.2. The highest BCUT2D eigenvalue weighted by Gasteiger charge is 2.31. The first-order valence-corrected chi connectivity index (χ1v) is 25.2. The molecule has 3 heterocycles. The Morgan fingerprint density at radius 2 is 1.27 bits per heavy atom. The lowest BCUT2D eigenvalue weighted by Crippen LogP contribution is -2.12. The van der Waals surface area contributed by atoms with Gasteiger partial charge in [-0.2, -0.15) is 0 Å². The summed E-state index contributed by atoms with van der Waals surface area (Å²) in [5.74, 6) is 1.58. The van der Waals surface area contributed by atoms with Gasteiger partial charge in [0.15, 0.2) is 0 Å². The number of benzene rings is 5. The van der Waals surface area contributed by atoms with E-state index in [0.717, 1.165) is 41.2 Å². The number of nitrogens with zero attached hydrogens (tertiary/aromatic N) is 2. The molecule has 326 valence electrons. The summed E-state index contributed by atoms with van der Waals surface area (Å²) in [6.45, 7) is 2.37. The van der Waals surface area contributed by atoms with Crippen LogP contribution in [-0.4, -0.2) is 9.13 Å². The molecule has 3 nitrogen and oxygen atoms in total. The van der Waals surface area contributed by atoms with Gasteiger partial charge >= 0.3 is 0 Å². The second-order valence-corrected chi connectivity index (χ2v) is 19.9. The van der Waals surface area contributed by atoms with Crippen LogP contribution in [0.15, 0.2) is 161 Å². The van der Waals surface area contributed by atoms with Gasteiger partial charge < -0.3 is 13.6 Å². The number of aromatic nitrogens is 2. The molecular formula is C63H58N2O. The molecule has 2 saturated carbocycles. The SMILES string of the molecule is CCC1CCCCC/C=C\c2c1c1ccccc1n2-c1ccc2oc3ccc(-n4c5c(c6cc(-c7ccccc7/C7=C/C=C\C=C8\CCCC7C8)ccc64)C4CC/C(=C/C=C\5)C4)cc3c2c1. The van der Waals surface area contributed by atoms with Crippen molar-refractivity contribution in [2.75, 3.05) is 0 Å². The normalized spacial score (nSPS) is 24.5. The summed E-state index contributed by atoms with van der Waals surface area (Å²) in [4.78, 5) is 0. The van der Waals surface area contributed by atoms with Crippen LogP contribution in [0.5, 0.6) is 0 Å². The van der Waals surface area contributed by atoms with Crippen LogP contribution >= 0.6 is 0 Å². The Morgan fingerprint density at radius 1 is 0.545 bits per heavy atom. The number of allylic oxidation sites excluding steroid dienone is 10. The fraction of sp³-hybridized carbons (Fsp3) is 0.270. The number of rotatable bonds is 5. The number of hydrogen-bond donors (Lipinski definition) is 0. The Bertz CT molecular complexity index is 3440. The molecule has 66 heavy (non-hydrogen) atoms. The fourth-order valence-corrected chi connectivity index (χ4v) is 13.0. The lowest BCUT2D eigenvalue weighted by Gasteiger charge is -2.29. The smallest absolute Gasteiger partial charge is 0.135 e. The maximum absolute atomic E-state index is 6.68. The summed E-state index contributed by atoms with van der Waals surface area (Å²) in [5.41, 5.74) is 21.1. The van der Waals surface area contributed by atoms with Gasteiger partial charge in [0.1, 0.15) is 11.2 Å². The third-order valence-electron chi connectivity index (χ3n) is 16.1. The van der Waals surface area contributed by atoms with E-state index >= 15 is 0 Å². The van der Waals surface area contributed by atoms with Crippen LogP contribution in [0.25, 0.3) is 84.0 Å². The molecule has 0 aliphatic heterocycles. The highest BCUT2D eigenvalue weighted by molar-refractivity contribution is 6.07. The van der Waals surface area contributed by atoms with Crippen LogP contribution in [0.1, 0.15) is 130 Å². The van der Waals surface area contributed by atoms with Crippen LogP contribution < -0.4 is 0 Å². The number of para-hydroxylation sites is 1. The summed E-state index contributed by atoms with van der Waals surface area (Å²) in [7, 11) is 0. The van der Waals surface area contributed by atoms with Crippen molar-refractivity contribution >= 4 is 61.5 Å². The van der Waals surface area contributed by atoms with E-state index in [4.69, 9.17) is 4.42 Å². The second kappa shape index (κ2) is 16.4. The Hall–Kier alpha value is -6.58. The Labute approximate surface area is 388 Å². The molecule has 5 aromatic carbocycles. The van der Waals surface area contributed by atoms with Gasteiger partial charge in [-0.25, -0.2) is 0 Å².